The summed E-state index contributed by atoms with van der Waals surface area (Å²) in [6, 6.07) is 21.7. The first-order valence-electron chi connectivity index (χ1n) is 10.6. The molecule has 0 saturated carbocycles. The summed E-state index contributed by atoms with van der Waals surface area (Å²) in [6.07, 6.45) is -0.323. The molecule has 5 heteroatoms. The lowest BCUT2D eigenvalue weighted by atomic mass is 9.85. The van der Waals surface area contributed by atoms with Gasteiger partial charge in [-0.2, -0.15) is 0 Å². The zero-order valence-electron chi connectivity index (χ0n) is 18.4. The van der Waals surface area contributed by atoms with Crippen molar-refractivity contribution >= 4 is 29.0 Å². The van der Waals surface area contributed by atoms with Crippen LogP contribution in [-0.2, 0) is 22.4 Å². The van der Waals surface area contributed by atoms with E-state index in [9.17, 15) is 14.7 Å². The first-order valence-corrected chi connectivity index (χ1v) is 11.0. The standard InChI is InChI=1S/C27H26ClNO3/c1-26(2,3)20-14-12-18(13-15-20)24(30)16-27(32)21-9-5-7-11-23(21)29(25(27)31)17-19-8-4-6-10-22(19)28/h4-15,32H,16-17H2,1-3H3. The van der Waals surface area contributed by atoms with Gasteiger partial charge < -0.3 is 10.0 Å². The van der Waals surface area contributed by atoms with Crippen LogP contribution in [-0.4, -0.2) is 16.8 Å². The number of halogens is 1. The van der Waals surface area contributed by atoms with Gasteiger partial charge in [0.05, 0.1) is 18.7 Å². The number of amides is 1. The second-order valence-electron chi connectivity index (χ2n) is 9.29. The summed E-state index contributed by atoms with van der Waals surface area (Å²) >= 11 is 6.30. The molecule has 0 aliphatic carbocycles. The molecule has 0 aromatic heterocycles. The van der Waals surface area contributed by atoms with Crippen molar-refractivity contribution < 1.29 is 14.7 Å². The third-order valence-corrected chi connectivity index (χ3v) is 6.38. The molecule has 0 radical (unpaired) electrons. The minimum absolute atomic E-state index is 0.0284. The lowest BCUT2D eigenvalue weighted by Crippen LogP contribution is -2.41. The molecule has 1 aliphatic rings. The van der Waals surface area contributed by atoms with Gasteiger partial charge in [0.25, 0.3) is 5.91 Å². The van der Waals surface area contributed by atoms with E-state index in [-0.39, 0.29) is 24.2 Å². The summed E-state index contributed by atoms with van der Waals surface area (Å²) in [5.41, 5.74) is 1.44. The predicted molar refractivity (Wildman–Crippen MR) is 127 cm³/mol. The molecular formula is C27H26ClNO3. The highest BCUT2D eigenvalue weighted by Gasteiger charge is 2.50. The third-order valence-electron chi connectivity index (χ3n) is 6.01. The molecule has 1 amide bonds. The van der Waals surface area contributed by atoms with Crippen molar-refractivity contribution in [1.29, 1.82) is 0 Å². The molecule has 1 aliphatic heterocycles. The number of nitrogens with zero attached hydrogens (tertiary/aromatic N) is 1. The molecule has 1 heterocycles. The number of carbonyl (C=O) groups is 2. The van der Waals surface area contributed by atoms with Crippen molar-refractivity contribution in [3.05, 3.63) is 100 Å². The van der Waals surface area contributed by atoms with Crippen LogP contribution in [0, 0.1) is 0 Å². The summed E-state index contributed by atoms with van der Waals surface area (Å²) in [5, 5.41) is 12.0. The number of Topliss-reactive ketones (excluding diaryl/α,β-unsaturated/α-hetero) is 1. The Morgan fingerprint density at radius 3 is 2.25 bits per heavy atom. The van der Waals surface area contributed by atoms with Gasteiger partial charge in [-0.25, -0.2) is 0 Å². The van der Waals surface area contributed by atoms with E-state index < -0.39 is 11.5 Å². The fourth-order valence-electron chi connectivity index (χ4n) is 4.12. The monoisotopic (exact) mass is 447 g/mol. The lowest BCUT2D eigenvalue weighted by Gasteiger charge is -2.23. The van der Waals surface area contributed by atoms with E-state index in [0.717, 1.165) is 11.1 Å². The van der Waals surface area contributed by atoms with Gasteiger partial charge in [-0.3, -0.25) is 9.59 Å². The van der Waals surface area contributed by atoms with Gasteiger partial charge in [-0.1, -0.05) is 93.0 Å². The van der Waals surface area contributed by atoms with Gasteiger partial charge >= 0.3 is 0 Å². The highest BCUT2D eigenvalue weighted by molar-refractivity contribution is 6.31. The summed E-state index contributed by atoms with van der Waals surface area (Å²) < 4.78 is 0. The quantitative estimate of drug-likeness (QED) is 0.514. The number of benzene rings is 3. The SMILES string of the molecule is CC(C)(C)c1ccc(C(=O)CC2(O)C(=O)N(Cc3ccccc3Cl)c3ccccc32)cc1. The van der Waals surface area contributed by atoms with Crippen molar-refractivity contribution in [3.63, 3.8) is 0 Å². The first kappa shape index (κ1) is 22.3. The number of anilines is 1. The molecule has 4 nitrogen and oxygen atoms in total. The molecule has 1 unspecified atom stereocenters. The van der Waals surface area contributed by atoms with Crippen LogP contribution < -0.4 is 4.90 Å². The Kier molecular flexibility index (Phi) is 5.70. The van der Waals surface area contributed by atoms with E-state index >= 15 is 0 Å². The molecule has 0 fully saturated rings. The number of rotatable bonds is 5. The second-order valence-corrected chi connectivity index (χ2v) is 9.69. The minimum atomic E-state index is -1.92. The van der Waals surface area contributed by atoms with E-state index in [1.165, 1.54) is 4.90 Å². The van der Waals surface area contributed by atoms with Crippen LogP contribution in [0.25, 0.3) is 0 Å². The van der Waals surface area contributed by atoms with Crippen LogP contribution in [0.2, 0.25) is 5.02 Å². The number of ketones is 1. The fourth-order valence-corrected chi connectivity index (χ4v) is 4.32. The Balaban J connectivity index is 1.64. The normalized spacial score (nSPS) is 18.0. The molecule has 1 N–H and O–H groups in total. The summed E-state index contributed by atoms with van der Waals surface area (Å²) in [7, 11) is 0. The van der Waals surface area contributed by atoms with Crippen LogP contribution in [0.15, 0.2) is 72.8 Å². The first-order chi connectivity index (χ1) is 15.1. The van der Waals surface area contributed by atoms with E-state index in [4.69, 9.17) is 11.6 Å². The fraction of sp³-hybridized carbons (Fsp3) is 0.259. The van der Waals surface area contributed by atoms with E-state index in [1.54, 1.807) is 36.4 Å². The van der Waals surface area contributed by atoms with Gasteiger partial charge in [-0.05, 0) is 28.7 Å². The summed E-state index contributed by atoms with van der Waals surface area (Å²) in [6.45, 7) is 6.53. The molecule has 3 aromatic carbocycles. The molecule has 4 rings (SSSR count). The molecule has 0 spiro atoms. The Morgan fingerprint density at radius 2 is 1.59 bits per heavy atom. The summed E-state index contributed by atoms with van der Waals surface area (Å²) in [5.74, 6) is -0.797. The lowest BCUT2D eigenvalue weighted by molar-refractivity contribution is -0.136. The van der Waals surface area contributed by atoms with E-state index in [1.807, 2.05) is 36.4 Å². The van der Waals surface area contributed by atoms with Gasteiger partial charge in [0.2, 0.25) is 0 Å². The number of hydrogen-bond acceptors (Lipinski definition) is 3. The molecular weight excluding hydrogens is 422 g/mol. The number of carbonyl (C=O) groups excluding carboxylic acids is 2. The zero-order valence-corrected chi connectivity index (χ0v) is 19.2. The smallest absolute Gasteiger partial charge is 0.264 e. The predicted octanol–water partition coefficient (Wildman–Crippen LogP) is 5.64. The molecule has 1 atom stereocenters. The van der Waals surface area contributed by atoms with Crippen molar-refractivity contribution in [3.8, 4) is 0 Å². The van der Waals surface area contributed by atoms with Crippen LogP contribution in [0.5, 0.6) is 0 Å². The highest BCUT2D eigenvalue weighted by atomic mass is 35.5. The minimum Gasteiger partial charge on any atom is -0.375 e. The maximum atomic E-state index is 13.4. The number of aliphatic hydroxyl groups is 1. The number of para-hydroxylation sites is 1. The largest absolute Gasteiger partial charge is 0.375 e. The molecule has 0 bridgehead atoms. The van der Waals surface area contributed by atoms with Crippen molar-refractivity contribution in [2.45, 2.75) is 44.8 Å². The van der Waals surface area contributed by atoms with E-state index in [0.29, 0.717) is 21.8 Å². The van der Waals surface area contributed by atoms with Gasteiger partial charge in [0, 0.05) is 16.1 Å². The van der Waals surface area contributed by atoms with Crippen molar-refractivity contribution in [1.82, 2.24) is 0 Å². The average Bonchev–Trinajstić information content (AvgIpc) is 2.97. The zero-order chi connectivity index (χ0) is 23.1. The van der Waals surface area contributed by atoms with Crippen LogP contribution in [0.4, 0.5) is 5.69 Å². The van der Waals surface area contributed by atoms with Gasteiger partial charge in [-0.15, -0.1) is 0 Å². The number of hydrogen-bond donors (Lipinski definition) is 1. The highest BCUT2D eigenvalue weighted by Crippen LogP contribution is 2.44. The second kappa shape index (κ2) is 8.19. The average molecular weight is 448 g/mol. The van der Waals surface area contributed by atoms with E-state index in [2.05, 4.69) is 20.8 Å². The van der Waals surface area contributed by atoms with Gasteiger partial charge in [0.15, 0.2) is 11.4 Å². The molecule has 164 valence electrons. The topological polar surface area (TPSA) is 57.6 Å². The van der Waals surface area contributed by atoms with Crippen LogP contribution in [0.1, 0.15) is 54.2 Å². The summed E-state index contributed by atoms with van der Waals surface area (Å²) in [4.78, 5) is 28.0. The Bertz CT molecular complexity index is 1180. The van der Waals surface area contributed by atoms with Crippen molar-refractivity contribution in [2.75, 3.05) is 4.90 Å². The Labute approximate surface area is 193 Å². The van der Waals surface area contributed by atoms with Crippen molar-refractivity contribution in [2.24, 2.45) is 0 Å². The molecule has 32 heavy (non-hydrogen) atoms. The van der Waals surface area contributed by atoms with Gasteiger partial charge in [0.1, 0.15) is 0 Å². The maximum Gasteiger partial charge on any atom is 0.264 e. The third kappa shape index (κ3) is 3.96. The maximum absolute atomic E-state index is 13.4. The number of fused-ring (bicyclic) bond motifs is 1. The molecule has 0 saturated heterocycles. The van der Waals surface area contributed by atoms with Crippen LogP contribution >= 0.6 is 11.6 Å². The Morgan fingerprint density at radius 1 is 0.969 bits per heavy atom. The molecule has 3 aromatic rings. The Hall–Kier alpha value is -2.95. The van der Waals surface area contributed by atoms with Crippen LogP contribution in [0.3, 0.4) is 0 Å².